The van der Waals surface area contributed by atoms with Gasteiger partial charge in [-0.15, -0.1) is 0 Å². The van der Waals surface area contributed by atoms with Gasteiger partial charge in [-0.2, -0.15) is 19.9 Å². The normalized spacial score (nSPS) is 11.8. The zero-order valence-corrected chi connectivity index (χ0v) is 39.0. The Hall–Kier alpha value is -10.1. The molecule has 0 amide bonds. The maximum Gasteiger partial charge on any atom is 0.238 e. The molecule has 15 aromatic rings. The van der Waals surface area contributed by atoms with Gasteiger partial charge in [-0.25, -0.2) is 9.97 Å². The molecule has 73 heavy (non-hydrogen) atoms. The molecule has 0 N–H and O–H groups in total. The molecule has 5 aromatic heterocycles. The fourth-order valence-corrected chi connectivity index (χ4v) is 10.9. The van der Waals surface area contributed by atoms with Crippen molar-refractivity contribution in [2.45, 2.75) is 0 Å². The Morgan fingerprint density at radius 1 is 0.233 bits per heavy atom. The summed E-state index contributed by atoms with van der Waals surface area (Å²) in [7, 11) is 0. The molecule has 0 aliphatic rings. The van der Waals surface area contributed by atoms with Gasteiger partial charge in [-0.05, 0) is 47.9 Å². The lowest BCUT2D eigenvalue weighted by atomic mass is 10.1. The fourth-order valence-electron chi connectivity index (χ4n) is 10.9. The minimum Gasteiger partial charge on any atom is -0.307 e. The van der Waals surface area contributed by atoms with E-state index in [0.29, 0.717) is 35.2 Å². The molecule has 9 nitrogen and oxygen atoms in total. The van der Waals surface area contributed by atoms with Crippen LogP contribution in [0.3, 0.4) is 0 Å². The molecule has 0 spiro atoms. The lowest BCUT2D eigenvalue weighted by Gasteiger charge is -2.13. The monoisotopic (exact) mass is 933 g/mol. The second-order valence-electron chi connectivity index (χ2n) is 18.3. The van der Waals surface area contributed by atoms with E-state index in [1.165, 1.54) is 0 Å². The Kier molecular flexibility index (Phi) is 9.06. The van der Waals surface area contributed by atoms with Gasteiger partial charge in [0.2, 0.25) is 11.9 Å². The van der Waals surface area contributed by atoms with E-state index in [1.54, 1.807) is 0 Å². The van der Waals surface area contributed by atoms with Gasteiger partial charge in [0.05, 0.1) is 33.1 Å². The Morgan fingerprint density at radius 2 is 0.630 bits per heavy atom. The van der Waals surface area contributed by atoms with Crippen LogP contribution in [-0.4, -0.2) is 43.6 Å². The van der Waals surface area contributed by atoms with Crippen molar-refractivity contribution in [1.82, 2.24) is 43.6 Å². The highest BCUT2D eigenvalue weighted by Gasteiger charge is 2.25. The molecular weight excluding hydrogens is 895 g/mol. The van der Waals surface area contributed by atoms with E-state index in [-0.39, 0.29) is 0 Å². The first-order valence-corrected chi connectivity index (χ1v) is 24.4. The molecule has 0 unspecified atom stereocenters. The van der Waals surface area contributed by atoms with Gasteiger partial charge >= 0.3 is 0 Å². The van der Waals surface area contributed by atoms with E-state index in [9.17, 15) is 0 Å². The number of hydrogen-bond donors (Lipinski definition) is 0. The first-order valence-electron chi connectivity index (χ1n) is 24.4. The van der Waals surface area contributed by atoms with Gasteiger partial charge in [0.1, 0.15) is 0 Å². The quantitative estimate of drug-likeness (QED) is 0.158. The van der Waals surface area contributed by atoms with E-state index in [0.717, 1.165) is 104 Å². The molecule has 340 valence electrons. The minimum absolute atomic E-state index is 0.505. The Balaban J connectivity index is 1.05. The second-order valence-corrected chi connectivity index (χ2v) is 18.3. The Labute approximate surface area is 417 Å². The molecule has 0 radical (unpaired) electrons. The summed E-state index contributed by atoms with van der Waals surface area (Å²) < 4.78 is 6.82. The molecule has 0 fully saturated rings. The molecular formula is C64H39N9. The third-order valence-electron chi connectivity index (χ3n) is 14.1. The van der Waals surface area contributed by atoms with Crippen molar-refractivity contribution in [1.29, 1.82) is 0 Å². The highest BCUT2D eigenvalue weighted by molar-refractivity contribution is 6.24. The second kappa shape index (κ2) is 16.2. The number of nitrogens with zero attached hydrogens (tertiary/aromatic N) is 9. The van der Waals surface area contributed by atoms with E-state index >= 15 is 0 Å². The summed E-state index contributed by atoms with van der Waals surface area (Å²) in [4.78, 5) is 31.9. The van der Waals surface area contributed by atoms with Crippen LogP contribution in [0.15, 0.2) is 237 Å². The van der Waals surface area contributed by atoms with E-state index in [4.69, 9.17) is 29.9 Å². The summed E-state index contributed by atoms with van der Waals surface area (Å²) in [6, 6.07) is 82.1. The molecule has 9 heteroatoms. The number of para-hydroxylation sites is 3. The zero-order chi connectivity index (χ0) is 48.0. The molecule has 0 aliphatic heterocycles. The summed E-state index contributed by atoms with van der Waals surface area (Å²) >= 11 is 0. The summed E-state index contributed by atoms with van der Waals surface area (Å²) in [6.07, 6.45) is 0. The van der Waals surface area contributed by atoms with E-state index in [2.05, 4.69) is 171 Å². The average molecular weight is 934 g/mol. The van der Waals surface area contributed by atoms with Gasteiger partial charge in [0.25, 0.3) is 0 Å². The first-order chi connectivity index (χ1) is 36.2. The predicted molar refractivity (Wildman–Crippen MR) is 295 cm³/mol. The standard InChI is InChI=1S/C64H39N9/c1-5-20-41(21-6-1)59-65-60(42-22-7-2-8-23-42)69-64(68-59)73-55-38-34-44(39-52(55)51-37-36-50-48-30-15-17-31-53(48)71(57(50)58(51)73)45-26-11-4-12-27-45)62-66-61(43-24-9-3-10-25-43)67-63(70-62)72-54-32-18-16-29-47(54)49-35-33-40-19-13-14-28-46(40)56(49)72/h1-39H. The van der Waals surface area contributed by atoms with Crippen molar-refractivity contribution in [3.8, 4) is 63.1 Å². The highest BCUT2D eigenvalue weighted by Crippen LogP contribution is 2.43. The van der Waals surface area contributed by atoms with E-state index in [1.807, 2.05) is 78.9 Å². The largest absolute Gasteiger partial charge is 0.307 e. The van der Waals surface area contributed by atoms with Gasteiger partial charge in [0.15, 0.2) is 23.3 Å². The van der Waals surface area contributed by atoms with Crippen molar-refractivity contribution < 1.29 is 0 Å². The van der Waals surface area contributed by atoms with Crippen LogP contribution in [0.5, 0.6) is 0 Å². The van der Waals surface area contributed by atoms with Crippen molar-refractivity contribution >= 4 is 76.2 Å². The molecule has 0 saturated heterocycles. The fraction of sp³-hybridized carbons (Fsp3) is 0. The van der Waals surface area contributed by atoms with Crippen molar-refractivity contribution in [2.24, 2.45) is 0 Å². The third kappa shape index (κ3) is 6.42. The average Bonchev–Trinajstić information content (AvgIpc) is 4.15. The van der Waals surface area contributed by atoms with Crippen LogP contribution in [0.25, 0.3) is 139 Å². The predicted octanol–water partition coefficient (Wildman–Crippen LogP) is 15.2. The van der Waals surface area contributed by atoms with Crippen LogP contribution in [0.1, 0.15) is 0 Å². The molecule has 15 rings (SSSR count). The highest BCUT2D eigenvalue weighted by atomic mass is 15.2. The van der Waals surface area contributed by atoms with Crippen LogP contribution < -0.4 is 0 Å². The molecule has 10 aromatic carbocycles. The summed E-state index contributed by atoms with van der Waals surface area (Å²) in [5.74, 6) is 3.33. The smallest absolute Gasteiger partial charge is 0.238 e. The number of fused-ring (bicyclic) bond motifs is 12. The van der Waals surface area contributed by atoms with Gasteiger partial charge < -0.3 is 4.57 Å². The van der Waals surface area contributed by atoms with Gasteiger partial charge in [-0.3, -0.25) is 9.13 Å². The number of hydrogen-bond acceptors (Lipinski definition) is 6. The van der Waals surface area contributed by atoms with Crippen LogP contribution >= 0.6 is 0 Å². The van der Waals surface area contributed by atoms with Crippen LogP contribution in [0.4, 0.5) is 0 Å². The van der Waals surface area contributed by atoms with Crippen molar-refractivity contribution in [3.63, 3.8) is 0 Å². The molecule has 0 aliphatic carbocycles. The van der Waals surface area contributed by atoms with E-state index < -0.39 is 0 Å². The number of benzene rings is 10. The Morgan fingerprint density at radius 3 is 1.21 bits per heavy atom. The Bertz CT molecular complexity index is 4600. The molecule has 0 bridgehead atoms. The van der Waals surface area contributed by atoms with Crippen molar-refractivity contribution in [3.05, 3.63) is 237 Å². The van der Waals surface area contributed by atoms with Crippen LogP contribution in [0, 0.1) is 0 Å². The molecule has 5 heterocycles. The first kappa shape index (κ1) is 40.7. The molecule has 0 saturated carbocycles. The van der Waals surface area contributed by atoms with Crippen LogP contribution in [0.2, 0.25) is 0 Å². The van der Waals surface area contributed by atoms with Gasteiger partial charge in [0, 0.05) is 65.6 Å². The third-order valence-corrected chi connectivity index (χ3v) is 14.1. The van der Waals surface area contributed by atoms with Gasteiger partial charge in [-0.1, -0.05) is 194 Å². The maximum absolute atomic E-state index is 5.45. The van der Waals surface area contributed by atoms with Crippen LogP contribution in [-0.2, 0) is 0 Å². The summed E-state index contributed by atoms with van der Waals surface area (Å²) in [5, 5.41) is 8.81. The van der Waals surface area contributed by atoms with Crippen molar-refractivity contribution in [2.75, 3.05) is 0 Å². The number of rotatable bonds is 7. The summed E-state index contributed by atoms with van der Waals surface area (Å²) in [6.45, 7) is 0. The molecule has 0 atom stereocenters. The SMILES string of the molecule is c1ccc(-c2nc(-c3ccc4c(c3)c3ccc5c6ccccc6n(-c6ccccc6)c5c3n4-c3nc(-c4ccccc4)nc(-c4ccccc4)n3)nc(-n3c4ccccc4c4ccc5ccccc5c43)n2)cc1. The maximum atomic E-state index is 5.45. The zero-order valence-electron chi connectivity index (χ0n) is 39.0. The lowest BCUT2D eigenvalue weighted by molar-refractivity contribution is 0.952. The topological polar surface area (TPSA) is 92.1 Å². The summed E-state index contributed by atoms with van der Waals surface area (Å²) in [5.41, 5.74) is 10.7. The minimum atomic E-state index is 0.505. The number of aromatic nitrogens is 9. The lowest BCUT2D eigenvalue weighted by Crippen LogP contribution is -2.07.